The first kappa shape index (κ1) is 14.1. The summed E-state index contributed by atoms with van der Waals surface area (Å²) in [5, 5.41) is 4.70. The molecule has 1 aliphatic heterocycles. The smallest absolute Gasteiger partial charge is 0.126 e. The molecule has 1 atom stereocenters. The highest BCUT2D eigenvalue weighted by molar-refractivity contribution is 5.80. The van der Waals surface area contributed by atoms with Crippen LogP contribution in [0.3, 0.4) is 0 Å². The van der Waals surface area contributed by atoms with E-state index in [1.807, 2.05) is 12.1 Å². The zero-order valence-corrected chi connectivity index (χ0v) is 13.2. The first-order valence-electron chi connectivity index (χ1n) is 8.28. The van der Waals surface area contributed by atoms with Crippen LogP contribution in [0.15, 0.2) is 66.7 Å². The molecule has 2 aromatic carbocycles. The third-order valence-corrected chi connectivity index (χ3v) is 4.58. The quantitative estimate of drug-likeness (QED) is 0.784. The van der Waals surface area contributed by atoms with Crippen molar-refractivity contribution in [2.24, 2.45) is 5.92 Å². The van der Waals surface area contributed by atoms with Gasteiger partial charge in [-0.05, 0) is 42.7 Å². The van der Waals surface area contributed by atoms with E-state index in [4.69, 9.17) is 0 Å². The Bertz CT molecular complexity index is 785. The van der Waals surface area contributed by atoms with Crippen LogP contribution in [-0.2, 0) is 0 Å². The van der Waals surface area contributed by atoms with E-state index >= 15 is 0 Å². The Morgan fingerprint density at radius 1 is 0.957 bits per heavy atom. The maximum Gasteiger partial charge on any atom is 0.126 e. The summed E-state index contributed by atoms with van der Waals surface area (Å²) >= 11 is 0. The summed E-state index contributed by atoms with van der Waals surface area (Å²) < 4.78 is 0. The summed E-state index contributed by atoms with van der Waals surface area (Å²) in [6.07, 6.45) is 1.23. The van der Waals surface area contributed by atoms with Crippen LogP contribution in [0.1, 0.15) is 6.42 Å². The molecule has 3 nitrogen and oxygen atoms in total. The molecule has 1 fully saturated rings. The van der Waals surface area contributed by atoms with Gasteiger partial charge in [0.25, 0.3) is 0 Å². The van der Waals surface area contributed by atoms with Gasteiger partial charge >= 0.3 is 0 Å². The normalized spacial score (nSPS) is 17.6. The van der Waals surface area contributed by atoms with E-state index in [-0.39, 0.29) is 0 Å². The fraction of sp³-hybridized carbons (Fsp3) is 0.250. The zero-order chi connectivity index (χ0) is 15.5. The minimum absolute atomic E-state index is 0.670. The van der Waals surface area contributed by atoms with Crippen molar-refractivity contribution in [2.75, 3.05) is 29.9 Å². The topological polar surface area (TPSA) is 28.2 Å². The highest BCUT2D eigenvalue weighted by Crippen LogP contribution is 2.24. The Hall–Kier alpha value is -2.55. The predicted molar refractivity (Wildman–Crippen MR) is 97.0 cm³/mol. The average Bonchev–Trinajstić information content (AvgIpc) is 3.10. The van der Waals surface area contributed by atoms with Crippen LogP contribution >= 0.6 is 0 Å². The van der Waals surface area contributed by atoms with Gasteiger partial charge in [0.2, 0.25) is 0 Å². The third-order valence-electron chi connectivity index (χ3n) is 4.58. The SMILES string of the molecule is c1ccc(N2CCC(CNc3ccc4ccccc4n3)C2)cc1. The maximum absolute atomic E-state index is 4.69. The van der Waals surface area contributed by atoms with Crippen molar-refractivity contribution in [1.82, 2.24) is 4.98 Å². The van der Waals surface area contributed by atoms with Gasteiger partial charge in [0, 0.05) is 30.7 Å². The molecule has 1 saturated heterocycles. The summed E-state index contributed by atoms with van der Waals surface area (Å²) in [6.45, 7) is 3.24. The Morgan fingerprint density at radius 3 is 2.70 bits per heavy atom. The van der Waals surface area contributed by atoms with Gasteiger partial charge in [0.05, 0.1) is 5.52 Å². The third kappa shape index (κ3) is 3.14. The van der Waals surface area contributed by atoms with E-state index in [9.17, 15) is 0 Å². The standard InChI is InChI=1S/C20H21N3/c1-2-7-18(8-3-1)23-13-12-16(15-23)14-21-20-11-10-17-6-4-5-9-19(17)22-20/h1-11,16H,12-15H2,(H,21,22). The van der Waals surface area contributed by atoms with Crippen molar-refractivity contribution in [3.63, 3.8) is 0 Å². The largest absolute Gasteiger partial charge is 0.371 e. The maximum atomic E-state index is 4.69. The molecule has 4 rings (SSSR count). The Morgan fingerprint density at radius 2 is 1.78 bits per heavy atom. The van der Waals surface area contributed by atoms with Crippen LogP contribution in [-0.4, -0.2) is 24.6 Å². The van der Waals surface area contributed by atoms with Gasteiger partial charge in [-0.2, -0.15) is 0 Å². The van der Waals surface area contributed by atoms with Gasteiger partial charge in [0.15, 0.2) is 0 Å². The number of fused-ring (bicyclic) bond motifs is 1. The second kappa shape index (κ2) is 6.29. The second-order valence-electron chi connectivity index (χ2n) is 6.21. The number of pyridine rings is 1. The van der Waals surface area contributed by atoms with E-state index < -0.39 is 0 Å². The van der Waals surface area contributed by atoms with Gasteiger partial charge in [-0.25, -0.2) is 4.98 Å². The minimum atomic E-state index is 0.670. The number of rotatable bonds is 4. The van der Waals surface area contributed by atoms with Gasteiger partial charge in [-0.3, -0.25) is 0 Å². The number of para-hydroxylation sites is 2. The summed E-state index contributed by atoms with van der Waals surface area (Å²) in [5.74, 6) is 1.64. The van der Waals surface area contributed by atoms with Crippen LogP contribution in [0, 0.1) is 5.92 Å². The lowest BCUT2D eigenvalue weighted by molar-refractivity contribution is 0.621. The molecule has 0 aliphatic carbocycles. The molecule has 1 aliphatic rings. The van der Waals surface area contributed by atoms with Crippen LogP contribution in [0.4, 0.5) is 11.5 Å². The number of nitrogens with one attached hydrogen (secondary N) is 1. The van der Waals surface area contributed by atoms with Crippen molar-refractivity contribution in [2.45, 2.75) is 6.42 Å². The number of aromatic nitrogens is 1. The van der Waals surface area contributed by atoms with E-state index in [0.29, 0.717) is 5.92 Å². The average molecular weight is 303 g/mol. The highest BCUT2D eigenvalue weighted by atomic mass is 15.2. The molecule has 0 spiro atoms. The lowest BCUT2D eigenvalue weighted by Gasteiger charge is -2.18. The van der Waals surface area contributed by atoms with Crippen LogP contribution in [0.5, 0.6) is 0 Å². The van der Waals surface area contributed by atoms with E-state index in [1.165, 1.54) is 17.5 Å². The van der Waals surface area contributed by atoms with Crippen molar-refractivity contribution in [3.05, 3.63) is 66.7 Å². The fourth-order valence-corrected chi connectivity index (χ4v) is 3.29. The Labute approximate surface area is 137 Å². The number of hydrogen-bond acceptors (Lipinski definition) is 3. The lowest BCUT2D eigenvalue weighted by atomic mass is 10.1. The van der Waals surface area contributed by atoms with Crippen molar-refractivity contribution >= 4 is 22.4 Å². The highest BCUT2D eigenvalue weighted by Gasteiger charge is 2.22. The lowest BCUT2D eigenvalue weighted by Crippen LogP contribution is -2.22. The molecule has 0 bridgehead atoms. The first-order chi connectivity index (χ1) is 11.4. The molecule has 23 heavy (non-hydrogen) atoms. The predicted octanol–water partition coefficient (Wildman–Crippen LogP) is 4.17. The van der Waals surface area contributed by atoms with Crippen LogP contribution in [0.2, 0.25) is 0 Å². The molecule has 1 unspecified atom stereocenters. The summed E-state index contributed by atoms with van der Waals surface area (Å²) in [6, 6.07) is 23.1. The van der Waals surface area contributed by atoms with Crippen molar-refractivity contribution in [3.8, 4) is 0 Å². The molecule has 3 heteroatoms. The van der Waals surface area contributed by atoms with Gasteiger partial charge < -0.3 is 10.2 Å². The molecule has 1 N–H and O–H groups in total. The molecule has 0 radical (unpaired) electrons. The van der Waals surface area contributed by atoms with E-state index in [0.717, 1.165) is 31.0 Å². The summed E-state index contributed by atoms with van der Waals surface area (Å²) in [5.41, 5.74) is 2.38. The van der Waals surface area contributed by atoms with E-state index in [1.54, 1.807) is 0 Å². The van der Waals surface area contributed by atoms with Crippen LogP contribution < -0.4 is 10.2 Å². The van der Waals surface area contributed by atoms with E-state index in [2.05, 4.69) is 69.8 Å². The zero-order valence-electron chi connectivity index (χ0n) is 13.2. The number of anilines is 2. The van der Waals surface area contributed by atoms with Crippen molar-refractivity contribution in [1.29, 1.82) is 0 Å². The second-order valence-corrected chi connectivity index (χ2v) is 6.21. The Kier molecular flexibility index (Phi) is 3.85. The molecule has 0 amide bonds. The fourth-order valence-electron chi connectivity index (χ4n) is 3.29. The Balaban J connectivity index is 1.37. The molecule has 116 valence electrons. The number of hydrogen-bond donors (Lipinski definition) is 1. The molecule has 3 aromatic rings. The minimum Gasteiger partial charge on any atom is -0.371 e. The molecular formula is C20H21N3. The molecule has 2 heterocycles. The van der Waals surface area contributed by atoms with Gasteiger partial charge in [-0.1, -0.05) is 36.4 Å². The number of nitrogens with zero attached hydrogens (tertiary/aromatic N) is 2. The van der Waals surface area contributed by atoms with Crippen LogP contribution in [0.25, 0.3) is 10.9 Å². The van der Waals surface area contributed by atoms with Gasteiger partial charge in [0.1, 0.15) is 5.82 Å². The summed E-state index contributed by atoms with van der Waals surface area (Å²) in [4.78, 5) is 7.16. The molecule has 1 aromatic heterocycles. The van der Waals surface area contributed by atoms with Crippen molar-refractivity contribution < 1.29 is 0 Å². The molecule has 0 saturated carbocycles. The number of benzene rings is 2. The summed E-state index contributed by atoms with van der Waals surface area (Å²) in [7, 11) is 0. The van der Waals surface area contributed by atoms with Gasteiger partial charge in [-0.15, -0.1) is 0 Å². The monoisotopic (exact) mass is 303 g/mol. The first-order valence-corrected chi connectivity index (χ1v) is 8.28. The molecular weight excluding hydrogens is 282 g/mol.